The van der Waals surface area contributed by atoms with Crippen LogP contribution in [-0.4, -0.2) is 36.0 Å². The fourth-order valence-corrected chi connectivity index (χ4v) is 4.78. The van der Waals surface area contributed by atoms with Crippen LogP contribution in [0.3, 0.4) is 0 Å². The molecule has 1 amide bonds. The van der Waals surface area contributed by atoms with Gasteiger partial charge in [-0.25, -0.2) is 0 Å². The van der Waals surface area contributed by atoms with Crippen molar-refractivity contribution in [3.05, 3.63) is 0 Å². The highest BCUT2D eigenvalue weighted by Gasteiger charge is 2.34. The van der Waals surface area contributed by atoms with Crippen molar-refractivity contribution in [1.82, 2.24) is 10.6 Å². The van der Waals surface area contributed by atoms with Crippen LogP contribution in [0.1, 0.15) is 59.3 Å². The fraction of sp³-hybridized carbons (Fsp3) is 0.941. The van der Waals surface area contributed by atoms with E-state index in [0.29, 0.717) is 28.4 Å². The molecule has 1 saturated heterocycles. The van der Waals surface area contributed by atoms with Gasteiger partial charge in [0.2, 0.25) is 5.91 Å². The largest absolute Gasteiger partial charge is 0.352 e. The Bertz CT molecular complexity index is 334. The Morgan fingerprint density at radius 2 is 1.81 bits per heavy atom. The monoisotopic (exact) mass is 312 g/mol. The zero-order valence-corrected chi connectivity index (χ0v) is 14.7. The molecule has 0 aromatic rings. The molecule has 2 atom stereocenters. The predicted molar refractivity (Wildman–Crippen MR) is 91.7 cm³/mol. The van der Waals surface area contributed by atoms with Gasteiger partial charge in [0.25, 0.3) is 0 Å². The van der Waals surface area contributed by atoms with Gasteiger partial charge < -0.3 is 10.6 Å². The highest BCUT2D eigenvalue weighted by Crippen LogP contribution is 2.38. The van der Waals surface area contributed by atoms with Crippen molar-refractivity contribution < 1.29 is 4.79 Å². The average molecular weight is 313 g/mol. The Labute approximate surface area is 134 Å². The van der Waals surface area contributed by atoms with E-state index in [1.807, 2.05) is 11.8 Å². The van der Waals surface area contributed by atoms with E-state index in [1.165, 1.54) is 32.1 Å². The Hall–Kier alpha value is -0.220. The number of rotatable bonds is 4. The van der Waals surface area contributed by atoms with Crippen LogP contribution in [-0.2, 0) is 4.79 Å². The molecule has 1 aliphatic carbocycles. The lowest BCUT2D eigenvalue weighted by Gasteiger charge is -2.40. The minimum Gasteiger partial charge on any atom is -0.352 e. The normalized spacial score (nSPS) is 28.3. The number of carbonyl (C=O) groups is 1. The van der Waals surface area contributed by atoms with Crippen LogP contribution in [0.2, 0.25) is 0 Å². The topological polar surface area (TPSA) is 41.1 Å². The maximum absolute atomic E-state index is 12.3. The van der Waals surface area contributed by atoms with Crippen LogP contribution in [0.15, 0.2) is 0 Å². The third-order valence-electron chi connectivity index (χ3n) is 4.96. The molecule has 4 heteroatoms. The molecule has 0 radical (unpaired) electrons. The lowest BCUT2D eigenvalue weighted by Crippen LogP contribution is -2.47. The Kier molecular flexibility index (Phi) is 6.42. The van der Waals surface area contributed by atoms with Gasteiger partial charge in [-0.2, -0.15) is 0 Å². The standard InChI is InChI=1S/C17H32N2OS/c1-17(2,3)14-6-4-5-7-15(14)19-16(20)12-21-13-8-10-18-11-9-13/h13-15,18H,4-12H2,1-3H3,(H,19,20). The summed E-state index contributed by atoms with van der Waals surface area (Å²) in [7, 11) is 0. The van der Waals surface area contributed by atoms with E-state index in [-0.39, 0.29) is 5.91 Å². The Morgan fingerprint density at radius 3 is 2.48 bits per heavy atom. The molecular formula is C17H32N2OS. The van der Waals surface area contributed by atoms with Crippen LogP contribution in [0.4, 0.5) is 0 Å². The number of amides is 1. The van der Waals surface area contributed by atoms with Gasteiger partial charge in [0.05, 0.1) is 5.75 Å². The van der Waals surface area contributed by atoms with Crippen LogP contribution in [0, 0.1) is 11.3 Å². The van der Waals surface area contributed by atoms with Gasteiger partial charge in [-0.05, 0) is 50.1 Å². The molecular weight excluding hydrogens is 280 g/mol. The lowest BCUT2D eigenvalue weighted by atomic mass is 9.69. The van der Waals surface area contributed by atoms with Crippen LogP contribution in [0.5, 0.6) is 0 Å². The third kappa shape index (κ3) is 5.48. The average Bonchev–Trinajstić information content (AvgIpc) is 2.46. The second kappa shape index (κ2) is 7.87. The summed E-state index contributed by atoms with van der Waals surface area (Å²) < 4.78 is 0. The molecule has 2 rings (SSSR count). The molecule has 1 heterocycles. The molecule has 2 fully saturated rings. The molecule has 2 unspecified atom stereocenters. The minimum absolute atomic E-state index is 0.250. The summed E-state index contributed by atoms with van der Waals surface area (Å²) in [5.74, 6) is 1.51. The van der Waals surface area contributed by atoms with Crippen LogP contribution >= 0.6 is 11.8 Å². The number of piperidine rings is 1. The summed E-state index contributed by atoms with van der Waals surface area (Å²) >= 11 is 1.85. The van der Waals surface area contributed by atoms with E-state index >= 15 is 0 Å². The first-order valence-electron chi connectivity index (χ1n) is 8.58. The van der Waals surface area contributed by atoms with Crippen LogP contribution < -0.4 is 10.6 Å². The molecule has 0 aromatic heterocycles. The van der Waals surface area contributed by atoms with Crippen molar-refractivity contribution in [3.8, 4) is 0 Å². The van der Waals surface area contributed by atoms with Crippen molar-refractivity contribution >= 4 is 17.7 Å². The summed E-state index contributed by atoms with van der Waals surface area (Å²) in [6.45, 7) is 9.14. The van der Waals surface area contributed by atoms with Crippen molar-refractivity contribution in [3.63, 3.8) is 0 Å². The van der Waals surface area contributed by atoms with Gasteiger partial charge in [-0.3, -0.25) is 4.79 Å². The fourth-order valence-electron chi connectivity index (χ4n) is 3.74. The van der Waals surface area contributed by atoms with Crippen LogP contribution in [0.25, 0.3) is 0 Å². The zero-order valence-electron chi connectivity index (χ0n) is 13.9. The predicted octanol–water partition coefficient (Wildman–Crippen LogP) is 3.19. The first-order chi connectivity index (χ1) is 9.97. The molecule has 21 heavy (non-hydrogen) atoms. The second-order valence-electron chi connectivity index (χ2n) is 7.69. The molecule has 1 aliphatic heterocycles. The lowest BCUT2D eigenvalue weighted by molar-refractivity contribution is -0.120. The maximum Gasteiger partial charge on any atom is 0.230 e. The summed E-state index contributed by atoms with van der Waals surface area (Å²) in [4.78, 5) is 12.3. The van der Waals surface area contributed by atoms with Crippen molar-refractivity contribution in [2.24, 2.45) is 11.3 Å². The highest BCUT2D eigenvalue weighted by atomic mass is 32.2. The molecule has 0 spiro atoms. The first kappa shape index (κ1) is 17.1. The van der Waals surface area contributed by atoms with Gasteiger partial charge in [-0.1, -0.05) is 33.6 Å². The third-order valence-corrected chi connectivity index (χ3v) is 6.33. The smallest absolute Gasteiger partial charge is 0.230 e. The quantitative estimate of drug-likeness (QED) is 0.837. The minimum atomic E-state index is 0.250. The molecule has 2 aliphatic rings. The van der Waals surface area contributed by atoms with E-state index in [4.69, 9.17) is 0 Å². The number of hydrogen-bond acceptors (Lipinski definition) is 3. The maximum atomic E-state index is 12.3. The summed E-state index contributed by atoms with van der Waals surface area (Å²) in [6, 6.07) is 0.389. The number of nitrogens with one attached hydrogen (secondary N) is 2. The molecule has 0 aromatic carbocycles. The summed E-state index contributed by atoms with van der Waals surface area (Å²) in [5, 5.41) is 7.38. The molecule has 3 nitrogen and oxygen atoms in total. The van der Waals surface area contributed by atoms with E-state index in [0.717, 1.165) is 19.5 Å². The number of hydrogen-bond donors (Lipinski definition) is 2. The van der Waals surface area contributed by atoms with Gasteiger partial charge in [0.1, 0.15) is 0 Å². The zero-order chi connectivity index (χ0) is 15.3. The van der Waals surface area contributed by atoms with E-state index in [9.17, 15) is 4.79 Å². The Balaban J connectivity index is 1.77. The SMILES string of the molecule is CC(C)(C)C1CCCCC1NC(=O)CSC1CCNCC1. The van der Waals surface area contributed by atoms with Gasteiger partial charge in [0.15, 0.2) is 0 Å². The first-order valence-corrected chi connectivity index (χ1v) is 9.63. The van der Waals surface area contributed by atoms with Crippen molar-refractivity contribution in [2.75, 3.05) is 18.8 Å². The van der Waals surface area contributed by atoms with Gasteiger partial charge in [0, 0.05) is 11.3 Å². The van der Waals surface area contributed by atoms with Crippen molar-refractivity contribution in [1.29, 1.82) is 0 Å². The van der Waals surface area contributed by atoms with Gasteiger partial charge >= 0.3 is 0 Å². The Morgan fingerprint density at radius 1 is 1.14 bits per heavy atom. The molecule has 2 N–H and O–H groups in total. The van der Waals surface area contributed by atoms with Gasteiger partial charge in [-0.15, -0.1) is 11.8 Å². The van der Waals surface area contributed by atoms with Crippen molar-refractivity contribution in [2.45, 2.75) is 70.6 Å². The summed E-state index contributed by atoms with van der Waals surface area (Å²) in [6.07, 6.45) is 7.40. The molecule has 1 saturated carbocycles. The molecule has 122 valence electrons. The number of carbonyl (C=O) groups excluding carboxylic acids is 1. The molecule has 0 bridgehead atoms. The highest BCUT2D eigenvalue weighted by molar-refractivity contribution is 8.00. The van der Waals surface area contributed by atoms with E-state index < -0.39 is 0 Å². The summed E-state index contributed by atoms with van der Waals surface area (Å²) in [5.41, 5.74) is 0.292. The second-order valence-corrected chi connectivity index (χ2v) is 8.98. The number of thioether (sulfide) groups is 1. The van der Waals surface area contributed by atoms with E-state index in [1.54, 1.807) is 0 Å². The van der Waals surface area contributed by atoms with E-state index in [2.05, 4.69) is 31.4 Å².